The van der Waals surface area contributed by atoms with E-state index in [1.807, 2.05) is 0 Å². The molecule has 3 N–H and O–H groups in total. The van der Waals surface area contributed by atoms with Crippen molar-refractivity contribution in [3.05, 3.63) is 35.4 Å². The molecule has 0 amide bonds. The normalized spacial score (nSPS) is 14.3. The smallest absolute Gasteiger partial charge is 0.416 e. The summed E-state index contributed by atoms with van der Waals surface area (Å²) in [7, 11) is 0. The van der Waals surface area contributed by atoms with Gasteiger partial charge in [0, 0.05) is 5.56 Å². The fourth-order valence-electron chi connectivity index (χ4n) is 1.34. The standard InChI is InChI=1S/C10H8F5NO2/c11-9(12,7(16)8(17)18)5-3-1-2-4-6(5)10(13,14)15/h1-4,7H,16H2,(H,17,18). The first-order chi connectivity index (χ1) is 8.08. The van der Waals surface area contributed by atoms with E-state index >= 15 is 0 Å². The van der Waals surface area contributed by atoms with Crippen LogP contribution >= 0.6 is 0 Å². The molecule has 0 radical (unpaired) electrons. The first-order valence-corrected chi connectivity index (χ1v) is 4.61. The number of hydrogen-bond acceptors (Lipinski definition) is 2. The van der Waals surface area contributed by atoms with E-state index < -0.39 is 35.2 Å². The van der Waals surface area contributed by atoms with Crippen LogP contribution in [0.25, 0.3) is 0 Å². The highest BCUT2D eigenvalue weighted by atomic mass is 19.4. The number of alkyl halides is 5. The molecule has 0 aromatic heterocycles. The van der Waals surface area contributed by atoms with Crippen LogP contribution in [0, 0.1) is 0 Å². The van der Waals surface area contributed by atoms with Crippen LogP contribution in [0.15, 0.2) is 24.3 Å². The number of benzene rings is 1. The Morgan fingerprint density at radius 3 is 1.94 bits per heavy atom. The summed E-state index contributed by atoms with van der Waals surface area (Å²) < 4.78 is 64.7. The topological polar surface area (TPSA) is 63.3 Å². The molecular weight excluding hydrogens is 261 g/mol. The molecule has 100 valence electrons. The Kier molecular flexibility index (Phi) is 3.61. The summed E-state index contributed by atoms with van der Waals surface area (Å²) in [5, 5.41) is 8.39. The minimum Gasteiger partial charge on any atom is -0.480 e. The van der Waals surface area contributed by atoms with Crippen molar-refractivity contribution in [2.75, 3.05) is 0 Å². The van der Waals surface area contributed by atoms with Crippen molar-refractivity contribution >= 4 is 5.97 Å². The highest BCUT2D eigenvalue weighted by Gasteiger charge is 2.49. The highest BCUT2D eigenvalue weighted by molar-refractivity contribution is 5.75. The highest BCUT2D eigenvalue weighted by Crippen LogP contribution is 2.40. The molecule has 1 rings (SSSR count). The molecule has 0 aliphatic heterocycles. The number of nitrogens with two attached hydrogens (primary N) is 1. The minimum absolute atomic E-state index is 0.442. The predicted molar refractivity (Wildman–Crippen MR) is 50.9 cm³/mol. The van der Waals surface area contributed by atoms with Gasteiger partial charge in [0.15, 0.2) is 6.04 Å². The molecule has 0 aliphatic rings. The monoisotopic (exact) mass is 269 g/mol. The zero-order chi connectivity index (χ0) is 14.1. The van der Waals surface area contributed by atoms with Crippen LogP contribution in [0.3, 0.4) is 0 Å². The molecule has 1 unspecified atom stereocenters. The zero-order valence-corrected chi connectivity index (χ0v) is 8.71. The first-order valence-electron chi connectivity index (χ1n) is 4.61. The number of halogens is 5. The van der Waals surface area contributed by atoms with Crippen LogP contribution in [-0.2, 0) is 16.9 Å². The Morgan fingerprint density at radius 1 is 1.11 bits per heavy atom. The van der Waals surface area contributed by atoms with Gasteiger partial charge in [-0.2, -0.15) is 22.0 Å². The SMILES string of the molecule is NC(C(=O)O)C(F)(F)c1ccccc1C(F)(F)F. The van der Waals surface area contributed by atoms with Gasteiger partial charge in [-0.25, -0.2) is 0 Å². The van der Waals surface area contributed by atoms with Gasteiger partial charge >= 0.3 is 12.1 Å². The Labute approximate surface area is 98.0 Å². The van der Waals surface area contributed by atoms with E-state index in [9.17, 15) is 26.7 Å². The average Bonchev–Trinajstić information content (AvgIpc) is 2.26. The van der Waals surface area contributed by atoms with Crippen molar-refractivity contribution in [3.8, 4) is 0 Å². The largest absolute Gasteiger partial charge is 0.480 e. The van der Waals surface area contributed by atoms with Crippen molar-refractivity contribution in [1.82, 2.24) is 0 Å². The van der Waals surface area contributed by atoms with Gasteiger partial charge in [0.1, 0.15) is 0 Å². The maximum atomic E-state index is 13.6. The number of hydrogen-bond donors (Lipinski definition) is 2. The molecule has 0 heterocycles. The average molecular weight is 269 g/mol. The third-order valence-corrected chi connectivity index (χ3v) is 2.25. The van der Waals surface area contributed by atoms with Crippen molar-refractivity contribution in [2.24, 2.45) is 5.73 Å². The molecule has 1 aromatic carbocycles. The van der Waals surface area contributed by atoms with Gasteiger partial charge in [-0.15, -0.1) is 0 Å². The van der Waals surface area contributed by atoms with E-state index in [0.717, 1.165) is 12.1 Å². The summed E-state index contributed by atoms with van der Waals surface area (Å²) >= 11 is 0. The Morgan fingerprint density at radius 2 is 1.56 bits per heavy atom. The minimum atomic E-state index is -5.02. The van der Waals surface area contributed by atoms with Crippen LogP contribution < -0.4 is 5.73 Å². The lowest BCUT2D eigenvalue weighted by Crippen LogP contribution is -2.45. The third-order valence-electron chi connectivity index (χ3n) is 2.25. The molecule has 0 aliphatic carbocycles. The fraction of sp³-hybridized carbons (Fsp3) is 0.300. The number of rotatable bonds is 3. The van der Waals surface area contributed by atoms with Crippen LogP contribution in [0.4, 0.5) is 22.0 Å². The summed E-state index contributed by atoms with van der Waals surface area (Å²) in [5.41, 5.74) is 1.67. The van der Waals surface area contributed by atoms with Gasteiger partial charge in [-0.1, -0.05) is 18.2 Å². The second-order valence-corrected chi connectivity index (χ2v) is 3.48. The first kappa shape index (κ1) is 14.4. The summed E-state index contributed by atoms with van der Waals surface area (Å²) in [6.07, 6.45) is -5.02. The second kappa shape index (κ2) is 4.52. The number of carboxylic acids is 1. The van der Waals surface area contributed by atoms with Gasteiger partial charge in [0.25, 0.3) is 5.92 Å². The Balaban J connectivity index is 3.37. The predicted octanol–water partition coefficient (Wildman–Crippen LogP) is 2.21. The lowest BCUT2D eigenvalue weighted by Gasteiger charge is -2.24. The van der Waals surface area contributed by atoms with Gasteiger partial charge in [0.2, 0.25) is 0 Å². The number of carbonyl (C=O) groups is 1. The molecule has 3 nitrogen and oxygen atoms in total. The van der Waals surface area contributed by atoms with Crippen molar-refractivity contribution in [1.29, 1.82) is 0 Å². The van der Waals surface area contributed by atoms with Crippen molar-refractivity contribution < 1.29 is 31.9 Å². The molecule has 0 fully saturated rings. The van der Waals surface area contributed by atoms with Crippen molar-refractivity contribution in [3.63, 3.8) is 0 Å². The van der Waals surface area contributed by atoms with E-state index in [4.69, 9.17) is 10.8 Å². The molecule has 0 spiro atoms. The Bertz CT molecular complexity index is 458. The van der Waals surface area contributed by atoms with E-state index in [1.165, 1.54) is 0 Å². The molecule has 0 saturated carbocycles. The van der Waals surface area contributed by atoms with Gasteiger partial charge in [0.05, 0.1) is 5.56 Å². The maximum absolute atomic E-state index is 13.6. The molecular formula is C10H8F5NO2. The van der Waals surface area contributed by atoms with E-state index in [0.29, 0.717) is 12.1 Å². The van der Waals surface area contributed by atoms with Gasteiger partial charge in [-0.3, -0.25) is 4.79 Å². The van der Waals surface area contributed by atoms with Gasteiger partial charge < -0.3 is 10.8 Å². The van der Waals surface area contributed by atoms with Crippen LogP contribution in [0.2, 0.25) is 0 Å². The zero-order valence-electron chi connectivity index (χ0n) is 8.71. The van der Waals surface area contributed by atoms with E-state index in [-0.39, 0.29) is 0 Å². The lowest BCUT2D eigenvalue weighted by atomic mass is 9.96. The summed E-state index contributed by atoms with van der Waals surface area (Å²) in [4.78, 5) is 10.4. The molecule has 1 atom stereocenters. The third kappa shape index (κ3) is 2.58. The Hall–Kier alpha value is -1.70. The fourth-order valence-corrected chi connectivity index (χ4v) is 1.34. The van der Waals surface area contributed by atoms with E-state index in [2.05, 4.69) is 0 Å². The summed E-state index contributed by atoms with van der Waals surface area (Å²) in [5.74, 6) is -6.41. The van der Waals surface area contributed by atoms with Gasteiger partial charge in [-0.05, 0) is 6.07 Å². The van der Waals surface area contributed by atoms with Crippen LogP contribution in [-0.4, -0.2) is 17.1 Å². The van der Waals surface area contributed by atoms with Crippen LogP contribution in [0.5, 0.6) is 0 Å². The summed E-state index contributed by atoms with van der Waals surface area (Å²) in [6, 6.07) is 0.0755. The second-order valence-electron chi connectivity index (χ2n) is 3.48. The van der Waals surface area contributed by atoms with E-state index in [1.54, 1.807) is 0 Å². The number of carboxylic acid groups (broad SMARTS) is 1. The lowest BCUT2D eigenvalue weighted by molar-refractivity contribution is -0.154. The molecule has 0 bridgehead atoms. The molecule has 8 heteroatoms. The quantitative estimate of drug-likeness (QED) is 0.827. The number of aliphatic carboxylic acids is 1. The van der Waals surface area contributed by atoms with Crippen molar-refractivity contribution in [2.45, 2.75) is 18.1 Å². The molecule has 0 saturated heterocycles. The van der Waals surface area contributed by atoms with Crippen LogP contribution in [0.1, 0.15) is 11.1 Å². The summed E-state index contributed by atoms with van der Waals surface area (Å²) in [6.45, 7) is 0. The molecule has 18 heavy (non-hydrogen) atoms. The molecule has 1 aromatic rings. The maximum Gasteiger partial charge on any atom is 0.416 e.